The van der Waals surface area contributed by atoms with Gasteiger partial charge in [-0.15, -0.1) is 0 Å². The van der Waals surface area contributed by atoms with Gasteiger partial charge in [0.2, 0.25) is 5.91 Å². The molecule has 1 aromatic heterocycles. The Bertz CT molecular complexity index is 597. The first-order valence-electron chi connectivity index (χ1n) is 8.26. The lowest BCUT2D eigenvalue weighted by Crippen LogP contribution is -2.37. The predicted molar refractivity (Wildman–Crippen MR) is 91.6 cm³/mol. The van der Waals surface area contributed by atoms with Gasteiger partial charge in [-0.25, -0.2) is 0 Å². The van der Waals surface area contributed by atoms with Crippen LogP contribution in [0.1, 0.15) is 38.6 Å². The predicted octanol–water partition coefficient (Wildman–Crippen LogP) is 3.31. The lowest BCUT2D eigenvalue weighted by molar-refractivity contribution is -0.125. The van der Waals surface area contributed by atoms with Crippen molar-refractivity contribution in [2.24, 2.45) is 5.92 Å². The largest absolute Gasteiger partial charge is 0.494 e. The number of nitrogens with one attached hydrogen (secondary N) is 1. The Morgan fingerprint density at radius 2 is 1.96 bits per heavy atom. The molecule has 1 amide bonds. The van der Waals surface area contributed by atoms with Crippen molar-refractivity contribution in [3.05, 3.63) is 54.5 Å². The SMILES string of the molecule is CC(CC(O)c1ccco1)NC(=O)C(C)CCOc1ccccc1. The molecule has 0 fully saturated rings. The fraction of sp³-hybridized carbons (Fsp3) is 0.421. The van der Waals surface area contributed by atoms with Gasteiger partial charge in [-0.3, -0.25) is 4.79 Å². The van der Waals surface area contributed by atoms with E-state index in [1.54, 1.807) is 12.1 Å². The van der Waals surface area contributed by atoms with Crippen LogP contribution >= 0.6 is 0 Å². The van der Waals surface area contributed by atoms with E-state index in [4.69, 9.17) is 9.15 Å². The fourth-order valence-corrected chi connectivity index (χ4v) is 2.38. The molecule has 0 saturated heterocycles. The van der Waals surface area contributed by atoms with Gasteiger partial charge in [0.1, 0.15) is 17.6 Å². The number of hydrogen-bond donors (Lipinski definition) is 2. The van der Waals surface area contributed by atoms with Crippen molar-refractivity contribution in [1.82, 2.24) is 5.32 Å². The van der Waals surface area contributed by atoms with Crippen LogP contribution in [0.5, 0.6) is 5.75 Å². The van der Waals surface area contributed by atoms with Gasteiger partial charge in [0.15, 0.2) is 0 Å². The summed E-state index contributed by atoms with van der Waals surface area (Å²) in [5, 5.41) is 13.0. The number of carbonyl (C=O) groups excluding carboxylic acids is 1. The molecule has 0 aliphatic heterocycles. The highest BCUT2D eigenvalue weighted by atomic mass is 16.5. The van der Waals surface area contributed by atoms with Gasteiger partial charge in [-0.2, -0.15) is 0 Å². The summed E-state index contributed by atoms with van der Waals surface area (Å²) < 4.78 is 10.8. The van der Waals surface area contributed by atoms with Crippen molar-refractivity contribution in [2.45, 2.75) is 38.8 Å². The Labute approximate surface area is 142 Å². The average molecular weight is 331 g/mol. The van der Waals surface area contributed by atoms with Gasteiger partial charge >= 0.3 is 0 Å². The van der Waals surface area contributed by atoms with E-state index >= 15 is 0 Å². The maximum absolute atomic E-state index is 12.2. The molecule has 1 aromatic carbocycles. The van der Waals surface area contributed by atoms with Gasteiger partial charge < -0.3 is 19.6 Å². The molecule has 2 N–H and O–H groups in total. The number of hydrogen-bond acceptors (Lipinski definition) is 4. The van der Waals surface area contributed by atoms with Crippen molar-refractivity contribution in [3.63, 3.8) is 0 Å². The van der Waals surface area contributed by atoms with Crippen molar-refractivity contribution in [1.29, 1.82) is 0 Å². The molecule has 24 heavy (non-hydrogen) atoms. The molecule has 0 aliphatic carbocycles. The highest BCUT2D eigenvalue weighted by Crippen LogP contribution is 2.18. The third-order valence-corrected chi connectivity index (χ3v) is 3.85. The number of aliphatic hydroxyl groups excluding tert-OH is 1. The minimum absolute atomic E-state index is 0.0363. The number of aliphatic hydroxyl groups is 1. The van der Waals surface area contributed by atoms with Crippen LogP contribution in [0.25, 0.3) is 0 Å². The second kappa shape index (κ2) is 9.13. The average Bonchev–Trinajstić information content (AvgIpc) is 3.10. The Hall–Kier alpha value is -2.27. The molecule has 0 saturated carbocycles. The molecule has 130 valence electrons. The van der Waals surface area contributed by atoms with Crippen LogP contribution in [0.4, 0.5) is 0 Å². The molecule has 3 atom stereocenters. The van der Waals surface area contributed by atoms with E-state index in [0.29, 0.717) is 25.2 Å². The topological polar surface area (TPSA) is 71.7 Å². The first-order valence-corrected chi connectivity index (χ1v) is 8.26. The summed E-state index contributed by atoms with van der Waals surface area (Å²) in [6.45, 7) is 4.23. The van der Waals surface area contributed by atoms with Gasteiger partial charge in [-0.1, -0.05) is 25.1 Å². The quantitative estimate of drug-likeness (QED) is 0.739. The molecular weight excluding hydrogens is 306 g/mol. The Kier molecular flexibility index (Phi) is 6.88. The summed E-state index contributed by atoms with van der Waals surface area (Å²) in [5.41, 5.74) is 0. The van der Waals surface area contributed by atoms with Crippen LogP contribution in [-0.2, 0) is 4.79 Å². The van der Waals surface area contributed by atoms with Crippen molar-refractivity contribution >= 4 is 5.91 Å². The summed E-state index contributed by atoms with van der Waals surface area (Å²) in [6.07, 6.45) is 1.85. The van der Waals surface area contributed by atoms with Gasteiger partial charge in [0.25, 0.3) is 0 Å². The van der Waals surface area contributed by atoms with Crippen LogP contribution < -0.4 is 10.1 Å². The first kappa shape index (κ1) is 18.1. The van der Waals surface area contributed by atoms with E-state index in [-0.39, 0.29) is 17.9 Å². The normalized spacial score (nSPS) is 14.6. The van der Waals surface area contributed by atoms with Crippen LogP contribution in [0, 0.1) is 5.92 Å². The molecule has 2 aromatic rings. The summed E-state index contributed by atoms with van der Waals surface area (Å²) in [4.78, 5) is 12.2. The molecule has 0 aliphatic rings. The molecule has 3 unspecified atom stereocenters. The second-order valence-corrected chi connectivity index (χ2v) is 6.03. The van der Waals surface area contributed by atoms with Gasteiger partial charge in [-0.05, 0) is 37.6 Å². The fourth-order valence-electron chi connectivity index (χ4n) is 2.38. The summed E-state index contributed by atoms with van der Waals surface area (Å²) in [6, 6.07) is 12.9. The van der Waals surface area contributed by atoms with E-state index in [2.05, 4.69) is 5.32 Å². The zero-order valence-corrected chi connectivity index (χ0v) is 14.1. The highest BCUT2D eigenvalue weighted by Gasteiger charge is 2.19. The van der Waals surface area contributed by atoms with Crippen LogP contribution in [-0.4, -0.2) is 23.7 Å². The van der Waals surface area contributed by atoms with E-state index in [1.165, 1.54) is 6.26 Å². The summed E-state index contributed by atoms with van der Waals surface area (Å²) in [7, 11) is 0. The molecule has 5 heteroatoms. The molecule has 0 radical (unpaired) electrons. The van der Waals surface area contributed by atoms with E-state index in [9.17, 15) is 9.90 Å². The monoisotopic (exact) mass is 331 g/mol. The van der Waals surface area contributed by atoms with E-state index in [0.717, 1.165) is 5.75 Å². The van der Waals surface area contributed by atoms with Crippen LogP contribution in [0.15, 0.2) is 53.1 Å². The molecule has 0 bridgehead atoms. The van der Waals surface area contributed by atoms with E-state index in [1.807, 2.05) is 44.2 Å². The highest BCUT2D eigenvalue weighted by molar-refractivity contribution is 5.78. The van der Waals surface area contributed by atoms with Crippen molar-refractivity contribution in [3.8, 4) is 5.75 Å². The zero-order valence-electron chi connectivity index (χ0n) is 14.1. The number of benzene rings is 1. The molecule has 5 nitrogen and oxygen atoms in total. The Morgan fingerprint density at radius 3 is 2.62 bits per heavy atom. The van der Waals surface area contributed by atoms with Crippen molar-refractivity contribution in [2.75, 3.05) is 6.61 Å². The lowest BCUT2D eigenvalue weighted by Gasteiger charge is -2.19. The number of rotatable bonds is 9. The summed E-state index contributed by atoms with van der Waals surface area (Å²) >= 11 is 0. The van der Waals surface area contributed by atoms with Gasteiger partial charge in [0.05, 0.1) is 12.9 Å². The second-order valence-electron chi connectivity index (χ2n) is 6.03. The van der Waals surface area contributed by atoms with Crippen molar-refractivity contribution < 1.29 is 19.1 Å². The lowest BCUT2D eigenvalue weighted by atomic mass is 10.1. The van der Waals surface area contributed by atoms with Gasteiger partial charge in [0, 0.05) is 18.4 Å². The zero-order chi connectivity index (χ0) is 17.4. The maximum atomic E-state index is 12.2. The molecule has 1 heterocycles. The number of carbonyl (C=O) groups is 1. The smallest absolute Gasteiger partial charge is 0.223 e. The maximum Gasteiger partial charge on any atom is 0.223 e. The van der Waals surface area contributed by atoms with Crippen LogP contribution in [0.3, 0.4) is 0 Å². The Balaban J connectivity index is 1.68. The number of para-hydroxylation sites is 1. The number of ether oxygens (including phenoxy) is 1. The number of furan rings is 1. The number of amides is 1. The third kappa shape index (κ3) is 5.74. The first-order chi connectivity index (χ1) is 11.6. The summed E-state index contributed by atoms with van der Waals surface area (Å²) in [5.74, 6) is 1.13. The van der Waals surface area contributed by atoms with E-state index < -0.39 is 6.10 Å². The third-order valence-electron chi connectivity index (χ3n) is 3.85. The minimum Gasteiger partial charge on any atom is -0.494 e. The van der Waals surface area contributed by atoms with Crippen LogP contribution in [0.2, 0.25) is 0 Å². The molecular formula is C19H25NO4. The Morgan fingerprint density at radius 1 is 1.21 bits per heavy atom. The minimum atomic E-state index is -0.716. The standard InChI is InChI=1S/C19H25NO4/c1-14(10-12-23-16-7-4-3-5-8-16)19(22)20-15(2)13-17(21)18-9-6-11-24-18/h3-9,11,14-15,17,21H,10,12-13H2,1-2H3,(H,20,22). The molecule has 2 rings (SSSR count). The molecule has 0 spiro atoms.